The molecule has 0 aromatic carbocycles. The van der Waals surface area contributed by atoms with Gasteiger partial charge in [0.05, 0.1) is 46.0 Å². The van der Waals surface area contributed by atoms with E-state index in [0.29, 0.717) is 54.0 Å². The smallest absolute Gasteiger partial charge is 0.305 e. The largest absolute Gasteiger partial charge is 0.466 e. The van der Waals surface area contributed by atoms with Gasteiger partial charge in [-0.25, -0.2) is 9.97 Å². The van der Waals surface area contributed by atoms with Crippen LogP contribution in [0.3, 0.4) is 0 Å². The molecule has 3 heterocycles. The zero-order valence-electron chi connectivity index (χ0n) is 22.4. The van der Waals surface area contributed by atoms with Crippen LogP contribution in [0.4, 0.5) is 11.8 Å². The molecule has 11 nitrogen and oxygen atoms in total. The summed E-state index contributed by atoms with van der Waals surface area (Å²) >= 11 is 1.50. The maximum atomic E-state index is 11.6. The van der Waals surface area contributed by atoms with Crippen LogP contribution in [0.5, 0.6) is 0 Å². The fraction of sp³-hybridized carbons (Fsp3) is 0.577. The van der Waals surface area contributed by atoms with Gasteiger partial charge < -0.3 is 30.7 Å². The highest BCUT2D eigenvalue weighted by molar-refractivity contribution is 7.21. The lowest BCUT2D eigenvalue weighted by molar-refractivity contribution is -0.143. The Balaban J connectivity index is 1.65. The third kappa shape index (κ3) is 6.04. The first-order valence-electron chi connectivity index (χ1n) is 12.8. The molecule has 1 aliphatic rings. The molecule has 3 aromatic rings. The summed E-state index contributed by atoms with van der Waals surface area (Å²) in [6.45, 7) is 9.62. The van der Waals surface area contributed by atoms with Crippen LogP contribution in [0.2, 0.25) is 0 Å². The summed E-state index contributed by atoms with van der Waals surface area (Å²) in [5, 5.41) is 39.2. The number of anilines is 2. The van der Waals surface area contributed by atoms with E-state index in [2.05, 4.69) is 20.6 Å². The molecule has 0 spiro atoms. The molecule has 5 N–H and O–H groups in total. The number of aliphatic hydroxyl groups excluding tert-OH is 2. The number of hydrogen-bond donors (Lipinski definition) is 5. The van der Waals surface area contributed by atoms with Crippen molar-refractivity contribution in [2.45, 2.75) is 77.7 Å². The predicted molar refractivity (Wildman–Crippen MR) is 146 cm³/mol. The van der Waals surface area contributed by atoms with Crippen LogP contribution in [-0.4, -0.2) is 78.2 Å². The Morgan fingerprint density at radius 3 is 2.61 bits per heavy atom. The summed E-state index contributed by atoms with van der Waals surface area (Å²) in [6, 6.07) is 1.36. The van der Waals surface area contributed by atoms with Crippen LogP contribution in [0.1, 0.15) is 51.4 Å². The Kier molecular flexibility index (Phi) is 8.46. The molecule has 1 saturated carbocycles. The third-order valence-corrected chi connectivity index (χ3v) is 7.89. The van der Waals surface area contributed by atoms with Gasteiger partial charge in [0, 0.05) is 25.1 Å². The van der Waals surface area contributed by atoms with E-state index in [-0.39, 0.29) is 12.4 Å². The highest BCUT2D eigenvalue weighted by Crippen LogP contribution is 2.40. The molecule has 3 aromatic heterocycles. The maximum Gasteiger partial charge on any atom is 0.305 e. The SMILES string of the molecule is CCOC(=O)CCCNc1nc(C)c(-c2nc3c(C)nccc3s2)c(N[C@@H]2C[C@H](C(C)(C)O)[C@@H](O)[C@H]2O)n1. The number of aryl methyl sites for hydroxylation is 2. The number of rotatable bonds is 10. The second kappa shape index (κ2) is 11.4. The van der Waals surface area contributed by atoms with Crippen molar-refractivity contribution in [3.63, 3.8) is 0 Å². The number of carbonyl (C=O) groups excluding carboxylic acids is 1. The zero-order chi connectivity index (χ0) is 27.6. The van der Waals surface area contributed by atoms with Gasteiger partial charge in [-0.2, -0.15) is 4.98 Å². The van der Waals surface area contributed by atoms with Crippen molar-refractivity contribution in [1.82, 2.24) is 19.9 Å². The van der Waals surface area contributed by atoms with E-state index in [4.69, 9.17) is 14.7 Å². The molecule has 0 bridgehead atoms. The van der Waals surface area contributed by atoms with Gasteiger partial charge in [-0.1, -0.05) is 0 Å². The number of fused-ring (bicyclic) bond motifs is 1. The van der Waals surface area contributed by atoms with Crippen molar-refractivity contribution in [3.8, 4) is 10.6 Å². The van der Waals surface area contributed by atoms with Crippen LogP contribution in [0, 0.1) is 19.8 Å². The standard InChI is InChI=1S/C26H36N6O5S/c1-6-37-18(33)8-7-10-28-25-29-13(2)19(24-31-20-14(3)27-11-9-17(20)38-24)23(32-25)30-16-12-15(26(4,5)36)21(34)22(16)35/h9,11,15-16,21-22,34-36H,6-8,10,12H2,1-5H3,(H2,28,29,30,32)/t15-,16+,21+,22-/m0/s1. The van der Waals surface area contributed by atoms with Crippen LogP contribution in [0.25, 0.3) is 20.8 Å². The monoisotopic (exact) mass is 544 g/mol. The second-order valence-corrected chi connectivity index (χ2v) is 11.2. The minimum atomic E-state index is -1.16. The highest BCUT2D eigenvalue weighted by Gasteiger charge is 2.48. The second-order valence-electron chi connectivity index (χ2n) is 10.2. The molecule has 4 rings (SSSR count). The first-order valence-corrected chi connectivity index (χ1v) is 13.7. The summed E-state index contributed by atoms with van der Waals surface area (Å²) in [5.41, 5.74) is 1.82. The molecular formula is C26H36N6O5S. The molecule has 38 heavy (non-hydrogen) atoms. The van der Waals surface area contributed by atoms with E-state index in [9.17, 15) is 20.1 Å². The minimum Gasteiger partial charge on any atom is -0.466 e. The number of esters is 1. The van der Waals surface area contributed by atoms with E-state index in [1.165, 1.54) is 11.3 Å². The summed E-state index contributed by atoms with van der Waals surface area (Å²) in [5.74, 6) is 0.0595. The average molecular weight is 545 g/mol. The fourth-order valence-corrected chi connectivity index (χ4v) is 5.93. The van der Waals surface area contributed by atoms with Crippen molar-refractivity contribution in [2.24, 2.45) is 5.92 Å². The van der Waals surface area contributed by atoms with Gasteiger partial charge in [-0.3, -0.25) is 9.78 Å². The average Bonchev–Trinajstić information content (AvgIpc) is 3.39. The molecule has 0 unspecified atom stereocenters. The number of nitrogens with one attached hydrogen (secondary N) is 2. The van der Waals surface area contributed by atoms with Crippen molar-refractivity contribution in [1.29, 1.82) is 0 Å². The number of nitrogens with zero attached hydrogens (tertiary/aromatic N) is 4. The van der Waals surface area contributed by atoms with E-state index < -0.39 is 29.8 Å². The lowest BCUT2D eigenvalue weighted by Gasteiger charge is -2.28. The molecule has 0 radical (unpaired) electrons. The van der Waals surface area contributed by atoms with Gasteiger partial charge in [0.15, 0.2) is 0 Å². The predicted octanol–water partition coefficient (Wildman–Crippen LogP) is 2.81. The maximum absolute atomic E-state index is 11.6. The van der Waals surface area contributed by atoms with Gasteiger partial charge in [0.1, 0.15) is 22.4 Å². The highest BCUT2D eigenvalue weighted by atomic mass is 32.1. The van der Waals surface area contributed by atoms with Crippen LogP contribution in [0.15, 0.2) is 12.3 Å². The molecule has 206 valence electrons. The van der Waals surface area contributed by atoms with Crippen molar-refractivity contribution in [3.05, 3.63) is 23.7 Å². The number of carbonyl (C=O) groups is 1. The molecule has 12 heteroatoms. The van der Waals surface area contributed by atoms with Crippen LogP contribution >= 0.6 is 11.3 Å². The molecule has 4 atom stereocenters. The molecular weight excluding hydrogens is 508 g/mol. The molecule has 0 aliphatic heterocycles. The van der Waals surface area contributed by atoms with E-state index in [0.717, 1.165) is 15.9 Å². The van der Waals surface area contributed by atoms with Crippen molar-refractivity contribution in [2.75, 3.05) is 23.8 Å². The van der Waals surface area contributed by atoms with Gasteiger partial charge in [-0.15, -0.1) is 11.3 Å². The Labute approximate surface area is 225 Å². The Morgan fingerprint density at radius 2 is 1.95 bits per heavy atom. The van der Waals surface area contributed by atoms with Crippen molar-refractivity contribution >= 4 is 39.3 Å². The summed E-state index contributed by atoms with van der Waals surface area (Å²) in [6.07, 6.45) is 0.745. The van der Waals surface area contributed by atoms with Gasteiger partial charge in [-0.05, 0) is 53.5 Å². The zero-order valence-corrected chi connectivity index (χ0v) is 23.2. The Hall–Kier alpha value is -2.93. The number of ether oxygens (including phenoxy) is 1. The molecule has 0 saturated heterocycles. The first kappa shape index (κ1) is 28.1. The minimum absolute atomic E-state index is 0.250. The third-order valence-electron chi connectivity index (χ3n) is 6.85. The number of thiazole rings is 1. The number of aromatic nitrogens is 4. The normalized spacial score (nSPS) is 21.6. The fourth-order valence-electron chi connectivity index (χ4n) is 4.82. The van der Waals surface area contributed by atoms with E-state index in [1.54, 1.807) is 27.0 Å². The van der Waals surface area contributed by atoms with E-state index >= 15 is 0 Å². The molecule has 0 amide bonds. The molecule has 1 aliphatic carbocycles. The Morgan fingerprint density at radius 1 is 1.18 bits per heavy atom. The Bertz CT molecular complexity index is 1290. The van der Waals surface area contributed by atoms with E-state index in [1.807, 2.05) is 19.9 Å². The van der Waals surface area contributed by atoms with Gasteiger partial charge in [0.25, 0.3) is 0 Å². The lowest BCUT2D eigenvalue weighted by Crippen LogP contribution is -2.40. The molecule has 1 fully saturated rings. The summed E-state index contributed by atoms with van der Waals surface area (Å²) in [4.78, 5) is 30.2. The number of hydrogen-bond acceptors (Lipinski definition) is 12. The number of pyridine rings is 1. The topological polar surface area (TPSA) is 163 Å². The summed E-state index contributed by atoms with van der Waals surface area (Å²) < 4.78 is 5.96. The van der Waals surface area contributed by atoms with Crippen molar-refractivity contribution < 1.29 is 24.9 Å². The first-order chi connectivity index (χ1) is 18.0. The number of aliphatic hydroxyl groups is 3. The quantitative estimate of drug-likeness (QED) is 0.188. The summed E-state index contributed by atoms with van der Waals surface area (Å²) in [7, 11) is 0. The van der Waals surface area contributed by atoms with Crippen LogP contribution in [-0.2, 0) is 9.53 Å². The van der Waals surface area contributed by atoms with Gasteiger partial charge >= 0.3 is 5.97 Å². The van der Waals surface area contributed by atoms with Crippen LogP contribution < -0.4 is 10.6 Å². The lowest BCUT2D eigenvalue weighted by atomic mass is 9.88. The van der Waals surface area contributed by atoms with Gasteiger partial charge in [0.2, 0.25) is 5.95 Å².